The lowest BCUT2D eigenvalue weighted by atomic mass is 9.99. The topological polar surface area (TPSA) is 72.8 Å². The molecule has 3 atom stereocenters. The first-order valence-electron chi connectivity index (χ1n) is 16.4. The van der Waals surface area contributed by atoms with Crippen LogP contribution >= 0.6 is 0 Å². The number of hydrogen-bond donors (Lipinski definition) is 1. The predicted molar refractivity (Wildman–Crippen MR) is 159 cm³/mol. The fourth-order valence-electron chi connectivity index (χ4n) is 4.62. The molecule has 0 heterocycles. The van der Waals surface area contributed by atoms with Gasteiger partial charge in [-0.15, -0.1) is 0 Å². The Morgan fingerprint density at radius 1 is 0.526 bits per heavy atom. The zero-order valence-corrected chi connectivity index (χ0v) is 25.8. The number of unbranched alkanes of at least 4 members (excludes halogenated alkanes) is 14. The molecule has 0 aliphatic rings. The van der Waals surface area contributed by atoms with E-state index in [2.05, 4.69) is 27.7 Å². The molecule has 0 saturated heterocycles. The van der Waals surface area contributed by atoms with Crippen molar-refractivity contribution in [3.05, 3.63) is 0 Å². The Hall–Kier alpha value is -1.10. The molecule has 0 saturated carbocycles. The fourth-order valence-corrected chi connectivity index (χ4v) is 4.62. The van der Waals surface area contributed by atoms with Gasteiger partial charge in [0.2, 0.25) is 0 Å². The molecule has 0 radical (unpaired) electrons. The van der Waals surface area contributed by atoms with Gasteiger partial charge in [-0.1, -0.05) is 143 Å². The Balaban J connectivity index is 3.45. The van der Waals surface area contributed by atoms with E-state index in [0.717, 1.165) is 50.4 Å². The van der Waals surface area contributed by atoms with Crippen LogP contribution in [-0.4, -0.2) is 36.4 Å². The van der Waals surface area contributed by atoms with Crippen molar-refractivity contribution in [2.45, 2.75) is 175 Å². The summed E-state index contributed by atoms with van der Waals surface area (Å²) >= 11 is 0. The smallest absolute Gasteiger partial charge is 0.305 e. The first kappa shape index (κ1) is 36.9. The second kappa shape index (κ2) is 27.5. The van der Waals surface area contributed by atoms with Crippen LogP contribution in [0.15, 0.2) is 0 Å². The molecule has 0 bridgehead atoms. The molecule has 0 aliphatic heterocycles. The molecule has 5 nitrogen and oxygen atoms in total. The minimum absolute atomic E-state index is 0.111. The average Bonchev–Trinajstić information content (AvgIpc) is 2.92. The summed E-state index contributed by atoms with van der Waals surface area (Å²) in [5, 5.41) is 9.94. The summed E-state index contributed by atoms with van der Waals surface area (Å²) in [6.45, 7) is 8.96. The van der Waals surface area contributed by atoms with E-state index in [1.165, 1.54) is 89.9 Å². The third-order valence-corrected chi connectivity index (χ3v) is 7.92. The van der Waals surface area contributed by atoms with Crippen molar-refractivity contribution in [1.29, 1.82) is 0 Å². The van der Waals surface area contributed by atoms with Crippen molar-refractivity contribution < 1.29 is 24.2 Å². The summed E-state index contributed by atoms with van der Waals surface area (Å²) in [4.78, 5) is 23.7. The molecule has 1 N–H and O–H groups in total. The van der Waals surface area contributed by atoms with Crippen LogP contribution in [0, 0.1) is 11.8 Å². The number of aliphatic hydroxyl groups excluding tert-OH is 1. The molecule has 226 valence electrons. The highest BCUT2D eigenvalue weighted by molar-refractivity contribution is 5.69. The van der Waals surface area contributed by atoms with Crippen LogP contribution in [0.1, 0.15) is 169 Å². The van der Waals surface area contributed by atoms with Gasteiger partial charge in [-0.2, -0.15) is 0 Å². The van der Waals surface area contributed by atoms with Gasteiger partial charge in [-0.25, -0.2) is 0 Å². The molecule has 0 amide bonds. The minimum Gasteiger partial charge on any atom is -0.463 e. The summed E-state index contributed by atoms with van der Waals surface area (Å²) in [5.74, 6) is 1.15. The third kappa shape index (κ3) is 26.5. The molecule has 0 aromatic carbocycles. The van der Waals surface area contributed by atoms with Gasteiger partial charge in [0.25, 0.3) is 0 Å². The number of hydrogen-bond acceptors (Lipinski definition) is 5. The van der Waals surface area contributed by atoms with Crippen LogP contribution in [-0.2, 0) is 19.1 Å². The van der Waals surface area contributed by atoms with Gasteiger partial charge < -0.3 is 14.6 Å². The van der Waals surface area contributed by atoms with E-state index in [4.69, 9.17) is 9.47 Å². The van der Waals surface area contributed by atoms with Gasteiger partial charge in [-0.05, 0) is 24.7 Å². The van der Waals surface area contributed by atoms with Crippen LogP contribution in [0.4, 0.5) is 0 Å². The first-order valence-corrected chi connectivity index (χ1v) is 16.4. The summed E-state index contributed by atoms with van der Waals surface area (Å²) in [6, 6.07) is 0. The second-order valence-electron chi connectivity index (χ2n) is 11.8. The highest BCUT2D eigenvalue weighted by atomic mass is 16.6. The quantitative estimate of drug-likeness (QED) is 0.0790. The van der Waals surface area contributed by atoms with Crippen molar-refractivity contribution in [1.82, 2.24) is 0 Å². The van der Waals surface area contributed by atoms with E-state index in [1.807, 2.05) is 0 Å². The van der Waals surface area contributed by atoms with Gasteiger partial charge in [0.1, 0.15) is 19.3 Å². The molecule has 2 unspecified atom stereocenters. The molecule has 0 spiro atoms. The van der Waals surface area contributed by atoms with E-state index >= 15 is 0 Å². The zero-order chi connectivity index (χ0) is 28.3. The maximum Gasteiger partial charge on any atom is 0.305 e. The predicted octanol–water partition coefficient (Wildman–Crippen LogP) is 9.33. The lowest BCUT2D eigenvalue weighted by molar-refractivity contribution is -0.152. The van der Waals surface area contributed by atoms with E-state index in [-0.39, 0.29) is 25.2 Å². The van der Waals surface area contributed by atoms with Gasteiger partial charge in [-0.3, -0.25) is 9.59 Å². The number of esters is 2. The standard InChI is InChI=1S/C33H64O5/c1-5-29(3)23-19-15-11-9-7-8-10-12-17-21-25-32(35)37-27-31(34)28-38-33(36)26-22-18-14-13-16-20-24-30(4)6-2/h29-31,34H,5-28H2,1-4H3/t29?,30?,31-/m0/s1. The SMILES string of the molecule is CCC(C)CCCCCCCCCCCCC(=O)OC[C@H](O)COC(=O)CCCCCCCCC(C)CC. The minimum atomic E-state index is -0.955. The Labute approximate surface area is 236 Å². The number of ether oxygens (including phenoxy) is 2. The molecule has 0 aliphatic carbocycles. The van der Waals surface area contributed by atoms with E-state index in [1.54, 1.807) is 0 Å². The van der Waals surface area contributed by atoms with Gasteiger partial charge in [0.05, 0.1) is 0 Å². The van der Waals surface area contributed by atoms with Crippen molar-refractivity contribution >= 4 is 11.9 Å². The average molecular weight is 541 g/mol. The molecule has 0 fully saturated rings. The largest absolute Gasteiger partial charge is 0.463 e. The molecule has 38 heavy (non-hydrogen) atoms. The Morgan fingerprint density at radius 2 is 0.816 bits per heavy atom. The van der Waals surface area contributed by atoms with Crippen molar-refractivity contribution in [2.24, 2.45) is 11.8 Å². The van der Waals surface area contributed by atoms with E-state index < -0.39 is 6.10 Å². The monoisotopic (exact) mass is 540 g/mol. The van der Waals surface area contributed by atoms with Gasteiger partial charge >= 0.3 is 11.9 Å². The molecular weight excluding hydrogens is 476 g/mol. The van der Waals surface area contributed by atoms with Crippen molar-refractivity contribution in [3.63, 3.8) is 0 Å². The van der Waals surface area contributed by atoms with Crippen LogP contribution in [0.25, 0.3) is 0 Å². The Kier molecular flexibility index (Phi) is 26.7. The zero-order valence-electron chi connectivity index (χ0n) is 25.8. The van der Waals surface area contributed by atoms with E-state index in [9.17, 15) is 14.7 Å². The lowest BCUT2D eigenvalue weighted by Gasteiger charge is -2.12. The summed E-state index contributed by atoms with van der Waals surface area (Å²) in [7, 11) is 0. The van der Waals surface area contributed by atoms with Crippen molar-refractivity contribution in [3.8, 4) is 0 Å². The lowest BCUT2D eigenvalue weighted by Crippen LogP contribution is -2.25. The Morgan fingerprint density at radius 3 is 1.13 bits per heavy atom. The summed E-state index contributed by atoms with van der Waals surface area (Å²) in [5.41, 5.74) is 0. The normalized spacial score (nSPS) is 13.7. The number of carbonyl (C=O) groups excluding carboxylic acids is 2. The molecule has 0 rings (SSSR count). The van der Waals surface area contributed by atoms with Crippen LogP contribution in [0.2, 0.25) is 0 Å². The molecule has 0 aromatic heterocycles. The number of rotatable bonds is 28. The van der Waals surface area contributed by atoms with Crippen LogP contribution in [0.3, 0.4) is 0 Å². The highest BCUT2D eigenvalue weighted by Crippen LogP contribution is 2.16. The van der Waals surface area contributed by atoms with Gasteiger partial charge in [0.15, 0.2) is 0 Å². The van der Waals surface area contributed by atoms with E-state index in [0.29, 0.717) is 12.8 Å². The van der Waals surface area contributed by atoms with Crippen LogP contribution in [0.5, 0.6) is 0 Å². The van der Waals surface area contributed by atoms with Crippen LogP contribution < -0.4 is 0 Å². The summed E-state index contributed by atoms with van der Waals surface area (Å²) < 4.78 is 10.3. The maximum atomic E-state index is 11.9. The first-order chi connectivity index (χ1) is 18.4. The molecule has 0 aromatic rings. The van der Waals surface area contributed by atoms with Gasteiger partial charge in [0, 0.05) is 12.8 Å². The molecule has 5 heteroatoms. The summed E-state index contributed by atoms with van der Waals surface area (Å²) in [6.07, 6.45) is 24.3. The molecular formula is C33H64O5. The highest BCUT2D eigenvalue weighted by Gasteiger charge is 2.12. The van der Waals surface area contributed by atoms with Crippen molar-refractivity contribution in [2.75, 3.05) is 13.2 Å². The second-order valence-corrected chi connectivity index (χ2v) is 11.8. The number of carbonyl (C=O) groups is 2. The maximum absolute atomic E-state index is 11.9. The third-order valence-electron chi connectivity index (χ3n) is 7.92. The fraction of sp³-hybridized carbons (Fsp3) is 0.939. The Bertz CT molecular complexity index is 535. The number of aliphatic hydroxyl groups is 1.